The smallest absolute Gasteiger partial charge is 0.324 e. The maximum atomic E-state index is 11.1. The third-order valence-electron chi connectivity index (χ3n) is 1.71. The lowest BCUT2D eigenvalue weighted by Gasteiger charge is -2.15. The number of hydrogen-bond donors (Lipinski definition) is 3. The van der Waals surface area contributed by atoms with Crippen LogP contribution in [-0.2, 0) is 14.3 Å². The van der Waals surface area contributed by atoms with Crippen LogP contribution in [0.1, 0.15) is 13.8 Å². The number of carboxylic acids is 1. The minimum absolute atomic E-state index is 0.0523. The molecule has 5 N–H and O–H groups in total. The van der Waals surface area contributed by atoms with E-state index in [9.17, 15) is 9.59 Å². The zero-order valence-electron chi connectivity index (χ0n) is 8.27. The van der Waals surface area contributed by atoms with Gasteiger partial charge in [0.2, 0.25) is 0 Å². The van der Waals surface area contributed by atoms with Crippen LogP contribution in [0.3, 0.4) is 0 Å². The molecule has 0 aliphatic rings. The van der Waals surface area contributed by atoms with Crippen LogP contribution in [0.25, 0.3) is 0 Å². The number of carboxylic acid groups (broad SMARTS) is 1. The minimum atomic E-state index is -1.21. The minimum Gasteiger partial charge on any atom is -0.480 e. The van der Waals surface area contributed by atoms with Crippen molar-refractivity contribution < 1.29 is 19.4 Å². The second-order valence-corrected chi connectivity index (χ2v) is 3.34. The van der Waals surface area contributed by atoms with E-state index in [2.05, 4.69) is 4.74 Å². The van der Waals surface area contributed by atoms with Crippen molar-refractivity contribution in [3.05, 3.63) is 0 Å². The summed E-state index contributed by atoms with van der Waals surface area (Å²) < 4.78 is 4.62. The van der Waals surface area contributed by atoms with Gasteiger partial charge in [-0.25, -0.2) is 0 Å². The molecule has 0 saturated carbocycles. The molecule has 82 valence electrons. The number of carbonyl (C=O) groups is 2. The summed E-state index contributed by atoms with van der Waals surface area (Å²) in [5.41, 5.74) is 10.6. The van der Waals surface area contributed by atoms with Gasteiger partial charge in [0.1, 0.15) is 18.7 Å². The number of ether oxygens (including phenoxy) is 1. The van der Waals surface area contributed by atoms with Gasteiger partial charge in [-0.1, -0.05) is 13.8 Å². The summed E-state index contributed by atoms with van der Waals surface area (Å²) in [6.07, 6.45) is 0. The molecule has 0 saturated heterocycles. The Morgan fingerprint density at radius 2 is 1.86 bits per heavy atom. The van der Waals surface area contributed by atoms with E-state index in [-0.39, 0.29) is 12.5 Å². The van der Waals surface area contributed by atoms with Crippen molar-refractivity contribution in [1.82, 2.24) is 0 Å². The average molecular weight is 204 g/mol. The number of aliphatic carboxylic acids is 1. The second-order valence-electron chi connectivity index (χ2n) is 3.34. The van der Waals surface area contributed by atoms with Gasteiger partial charge in [0.25, 0.3) is 0 Å². The predicted octanol–water partition coefficient (Wildman–Crippen LogP) is -1.08. The molecule has 0 aliphatic heterocycles. The topological polar surface area (TPSA) is 116 Å². The summed E-state index contributed by atoms with van der Waals surface area (Å²) in [6.45, 7) is 3.18. The molecule has 6 heteroatoms. The standard InChI is InChI=1S/C8H16N2O4/c1-4(2)6(10)8(13)14-3-5(9)7(11)12/h4-6H,3,9-10H2,1-2H3,(H,11,12)/t5-,6+/m0/s1. The number of nitrogens with two attached hydrogens (primary N) is 2. The van der Waals surface area contributed by atoms with Gasteiger partial charge >= 0.3 is 11.9 Å². The Balaban J connectivity index is 3.91. The van der Waals surface area contributed by atoms with Gasteiger partial charge in [0.05, 0.1) is 0 Å². The molecule has 0 rings (SSSR count). The lowest BCUT2D eigenvalue weighted by Crippen LogP contribution is -2.41. The Labute approximate surface area is 82.2 Å². The Kier molecular flexibility index (Phi) is 5.11. The summed E-state index contributed by atoms with van der Waals surface area (Å²) in [5, 5.41) is 8.40. The van der Waals surface area contributed by atoms with Crippen LogP contribution >= 0.6 is 0 Å². The molecule has 0 unspecified atom stereocenters. The Morgan fingerprint density at radius 3 is 2.21 bits per heavy atom. The number of carbonyl (C=O) groups excluding carboxylic acids is 1. The first-order valence-corrected chi connectivity index (χ1v) is 4.26. The lowest BCUT2D eigenvalue weighted by atomic mass is 10.1. The molecule has 0 aromatic rings. The third-order valence-corrected chi connectivity index (χ3v) is 1.71. The molecule has 6 nitrogen and oxygen atoms in total. The van der Waals surface area contributed by atoms with Gasteiger partial charge < -0.3 is 21.3 Å². The van der Waals surface area contributed by atoms with Gasteiger partial charge in [-0.2, -0.15) is 0 Å². The van der Waals surface area contributed by atoms with Crippen LogP contribution in [0.15, 0.2) is 0 Å². The maximum absolute atomic E-state index is 11.1. The van der Waals surface area contributed by atoms with E-state index in [4.69, 9.17) is 16.6 Å². The van der Waals surface area contributed by atoms with Crippen molar-refractivity contribution in [2.24, 2.45) is 17.4 Å². The SMILES string of the molecule is CC(C)[C@@H](N)C(=O)OC[C@H](N)C(=O)O. The van der Waals surface area contributed by atoms with Crippen molar-refractivity contribution in [2.75, 3.05) is 6.61 Å². The van der Waals surface area contributed by atoms with E-state index in [1.54, 1.807) is 13.8 Å². The van der Waals surface area contributed by atoms with Crippen LogP contribution in [0.4, 0.5) is 0 Å². The number of rotatable bonds is 5. The first-order chi connectivity index (χ1) is 6.36. The van der Waals surface area contributed by atoms with E-state index in [0.29, 0.717) is 0 Å². The first-order valence-electron chi connectivity index (χ1n) is 4.26. The zero-order chi connectivity index (χ0) is 11.3. The van der Waals surface area contributed by atoms with Crippen molar-refractivity contribution in [2.45, 2.75) is 25.9 Å². The molecule has 0 spiro atoms. The third kappa shape index (κ3) is 4.20. The summed E-state index contributed by atoms with van der Waals surface area (Å²) in [5.74, 6) is -1.89. The van der Waals surface area contributed by atoms with Crippen LogP contribution in [-0.4, -0.2) is 35.7 Å². The Hall–Kier alpha value is -1.14. The summed E-state index contributed by atoms with van der Waals surface area (Å²) in [7, 11) is 0. The number of esters is 1. The first kappa shape index (κ1) is 12.9. The van der Waals surface area contributed by atoms with Crippen molar-refractivity contribution in [3.8, 4) is 0 Å². The molecule has 0 heterocycles. The lowest BCUT2D eigenvalue weighted by molar-refractivity contribution is -0.149. The normalized spacial score (nSPS) is 14.9. The summed E-state index contributed by atoms with van der Waals surface area (Å²) >= 11 is 0. The van der Waals surface area contributed by atoms with E-state index in [1.165, 1.54) is 0 Å². The van der Waals surface area contributed by atoms with Crippen LogP contribution < -0.4 is 11.5 Å². The molecule has 0 fully saturated rings. The Bertz CT molecular complexity index is 217. The highest BCUT2D eigenvalue weighted by molar-refractivity contribution is 5.77. The summed E-state index contributed by atoms with van der Waals surface area (Å²) in [4.78, 5) is 21.4. The van der Waals surface area contributed by atoms with Crippen molar-refractivity contribution >= 4 is 11.9 Å². The fourth-order valence-corrected chi connectivity index (χ4v) is 0.612. The molecule has 14 heavy (non-hydrogen) atoms. The highest BCUT2D eigenvalue weighted by atomic mass is 16.5. The molecule has 0 amide bonds. The molecule has 2 atom stereocenters. The fourth-order valence-electron chi connectivity index (χ4n) is 0.612. The maximum Gasteiger partial charge on any atom is 0.324 e. The molecule has 0 radical (unpaired) electrons. The largest absolute Gasteiger partial charge is 0.480 e. The van der Waals surface area contributed by atoms with Gasteiger partial charge in [-0.05, 0) is 5.92 Å². The van der Waals surface area contributed by atoms with E-state index in [0.717, 1.165) is 0 Å². The molecule has 0 aliphatic carbocycles. The van der Waals surface area contributed by atoms with E-state index in [1.807, 2.05) is 0 Å². The quantitative estimate of drug-likeness (QED) is 0.491. The molecular weight excluding hydrogens is 188 g/mol. The van der Waals surface area contributed by atoms with Gasteiger partial charge in [0, 0.05) is 0 Å². The predicted molar refractivity (Wildman–Crippen MR) is 49.4 cm³/mol. The van der Waals surface area contributed by atoms with E-state index < -0.39 is 24.0 Å². The van der Waals surface area contributed by atoms with Crippen molar-refractivity contribution in [3.63, 3.8) is 0 Å². The van der Waals surface area contributed by atoms with Crippen molar-refractivity contribution in [1.29, 1.82) is 0 Å². The average Bonchev–Trinajstić information content (AvgIpc) is 2.11. The summed E-state index contributed by atoms with van der Waals surface area (Å²) in [6, 6.07) is -1.94. The van der Waals surface area contributed by atoms with Crippen LogP contribution in [0, 0.1) is 5.92 Å². The van der Waals surface area contributed by atoms with Crippen LogP contribution in [0.2, 0.25) is 0 Å². The Morgan fingerprint density at radius 1 is 1.36 bits per heavy atom. The second kappa shape index (κ2) is 5.56. The van der Waals surface area contributed by atoms with Gasteiger partial charge in [-0.3, -0.25) is 9.59 Å². The van der Waals surface area contributed by atoms with E-state index >= 15 is 0 Å². The molecule has 0 aromatic carbocycles. The fraction of sp³-hybridized carbons (Fsp3) is 0.750. The monoisotopic (exact) mass is 204 g/mol. The number of hydrogen-bond acceptors (Lipinski definition) is 5. The molecule has 0 bridgehead atoms. The van der Waals surface area contributed by atoms with Crippen LogP contribution in [0.5, 0.6) is 0 Å². The molecular formula is C8H16N2O4. The zero-order valence-corrected chi connectivity index (χ0v) is 8.27. The molecule has 0 aromatic heterocycles. The van der Waals surface area contributed by atoms with Gasteiger partial charge in [0.15, 0.2) is 0 Å². The highest BCUT2D eigenvalue weighted by Crippen LogP contribution is 2.00. The highest BCUT2D eigenvalue weighted by Gasteiger charge is 2.21. The van der Waals surface area contributed by atoms with Gasteiger partial charge in [-0.15, -0.1) is 0 Å².